The van der Waals surface area contributed by atoms with E-state index < -0.39 is 0 Å². The standard InChI is InChI=1S/C42H34N4/c1-3-7-27(8-4-1)28-11-13-30(14-12-28)40-44-39(29-9-5-2-6-10-29)45-41(46-40)31-15-16-35-36(21-31)34-17-18-43-25-37(34)32-19-26-20-33-22-38(35)42(33,23-26)24-32/h1-18,21,25-26,32-33,38H,19-20,22-24H2/t26?,32?,33?,38?,42-/m0/s1. The molecule has 0 N–H and O–H groups in total. The molecule has 0 saturated heterocycles. The molecule has 4 aromatic carbocycles. The van der Waals surface area contributed by atoms with Crippen LogP contribution in [0.3, 0.4) is 0 Å². The second-order valence-corrected chi connectivity index (χ2v) is 14.0. The zero-order valence-electron chi connectivity index (χ0n) is 25.7. The Balaban J connectivity index is 1.12. The van der Waals surface area contributed by atoms with E-state index in [-0.39, 0.29) is 0 Å². The van der Waals surface area contributed by atoms with Crippen molar-refractivity contribution in [1.29, 1.82) is 0 Å². The van der Waals surface area contributed by atoms with Gasteiger partial charge in [0.05, 0.1) is 0 Å². The summed E-state index contributed by atoms with van der Waals surface area (Å²) in [5.74, 6) is 5.12. The van der Waals surface area contributed by atoms with Crippen LogP contribution in [0.25, 0.3) is 56.4 Å². The predicted octanol–water partition coefficient (Wildman–Crippen LogP) is 9.99. The molecule has 46 heavy (non-hydrogen) atoms. The topological polar surface area (TPSA) is 51.6 Å². The molecule has 2 aromatic heterocycles. The molecule has 6 aromatic rings. The first kappa shape index (κ1) is 26.3. The molecule has 4 unspecified atom stereocenters. The molecule has 0 amide bonds. The molecule has 1 spiro atoms. The lowest BCUT2D eigenvalue weighted by molar-refractivity contribution is -0.000446. The second kappa shape index (κ2) is 10.0. The van der Waals surface area contributed by atoms with Crippen LogP contribution in [0.15, 0.2) is 122 Å². The van der Waals surface area contributed by atoms with E-state index in [1.165, 1.54) is 65.5 Å². The SMILES string of the molecule is c1ccc(-c2ccc(-c3nc(-c4ccccc4)nc(-c4ccc5c(c4)-c4ccncc4C4CC6CC7CC5[C@@]7(C6)C4)n3)cc2)cc1. The van der Waals surface area contributed by atoms with E-state index in [1.54, 1.807) is 0 Å². The van der Waals surface area contributed by atoms with Crippen LogP contribution in [0, 0.1) is 17.3 Å². The third-order valence-electron chi connectivity index (χ3n) is 11.7. The highest BCUT2D eigenvalue weighted by Gasteiger charge is 2.63. The normalized spacial score (nSPS) is 25.0. The molecule has 4 aliphatic rings. The Hall–Kier alpha value is -4.96. The van der Waals surface area contributed by atoms with Gasteiger partial charge in [-0.15, -0.1) is 0 Å². The van der Waals surface area contributed by atoms with Crippen LogP contribution >= 0.6 is 0 Å². The summed E-state index contributed by atoms with van der Waals surface area (Å²) in [6, 6.07) is 38.6. The minimum Gasteiger partial charge on any atom is -0.264 e. The van der Waals surface area contributed by atoms with Crippen molar-refractivity contribution >= 4 is 0 Å². The molecule has 5 atom stereocenters. The van der Waals surface area contributed by atoms with Crippen LogP contribution in [0.5, 0.6) is 0 Å². The van der Waals surface area contributed by atoms with Crippen molar-refractivity contribution in [3.05, 3.63) is 133 Å². The van der Waals surface area contributed by atoms with Crippen molar-refractivity contribution in [2.75, 3.05) is 0 Å². The highest BCUT2D eigenvalue weighted by Crippen LogP contribution is 2.74. The van der Waals surface area contributed by atoms with Crippen LogP contribution in [0.2, 0.25) is 0 Å². The summed E-state index contributed by atoms with van der Waals surface area (Å²) in [5.41, 5.74) is 11.5. The van der Waals surface area contributed by atoms with E-state index in [0.717, 1.165) is 28.5 Å². The summed E-state index contributed by atoms with van der Waals surface area (Å²) in [4.78, 5) is 19.9. The van der Waals surface area contributed by atoms with Crippen LogP contribution in [0.4, 0.5) is 0 Å². The fourth-order valence-electron chi connectivity index (χ4n) is 9.73. The highest BCUT2D eigenvalue weighted by molar-refractivity contribution is 5.78. The number of hydrogen-bond donors (Lipinski definition) is 0. The first-order valence-electron chi connectivity index (χ1n) is 16.8. The van der Waals surface area contributed by atoms with Gasteiger partial charge in [-0.25, -0.2) is 15.0 Å². The van der Waals surface area contributed by atoms with Gasteiger partial charge in [0, 0.05) is 29.1 Å². The third-order valence-corrected chi connectivity index (χ3v) is 11.7. The van der Waals surface area contributed by atoms with Crippen LogP contribution in [0.1, 0.15) is 55.1 Å². The van der Waals surface area contributed by atoms with Gasteiger partial charge in [0.2, 0.25) is 0 Å². The van der Waals surface area contributed by atoms with Crippen molar-refractivity contribution in [1.82, 2.24) is 19.9 Å². The molecule has 3 fully saturated rings. The van der Waals surface area contributed by atoms with Gasteiger partial charge < -0.3 is 0 Å². The minimum atomic E-state index is 0.476. The van der Waals surface area contributed by atoms with Gasteiger partial charge in [-0.05, 0) is 107 Å². The van der Waals surface area contributed by atoms with Crippen LogP contribution < -0.4 is 0 Å². The number of pyridine rings is 1. The minimum absolute atomic E-state index is 0.476. The Bertz CT molecular complexity index is 2110. The predicted molar refractivity (Wildman–Crippen MR) is 183 cm³/mol. The molecular weight excluding hydrogens is 560 g/mol. The maximum absolute atomic E-state index is 5.14. The van der Waals surface area contributed by atoms with Gasteiger partial charge >= 0.3 is 0 Å². The van der Waals surface area contributed by atoms with Gasteiger partial charge in [-0.1, -0.05) is 97.1 Å². The van der Waals surface area contributed by atoms with Crippen molar-refractivity contribution in [3.8, 4) is 56.4 Å². The maximum atomic E-state index is 5.14. The molecular formula is C42H34N4. The van der Waals surface area contributed by atoms with Crippen LogP contribution in [-0.4, -0.2) is 19.9 Å². The number of fused-ring (bicyclic) bond motifs is 7. The fourth-order valence-corrected chi connectivity index (χ4v) is 9.73. The third kappa shape index (κ3) is 3.99. The Kier molecular flexibility index (Phi) is 5.72. The van der Waals surface area contributed by atoms with E-state index in [9.17, 15) is 0 Å². The molecule has 3 saturated carbocycles. The number of hydrogen-bond acceptors (Lipinski definition) is 4. The molecule has 3 bridgehead atoms. The molecule has 10 rings (SSSR count). The van der Waals surface area contributed by atoms with Crippen molar-refractivity contribution in [2.45, 2.75) is 43.9 Å². The molecule has 4 aliphatic carbocycles. The maximum Gasteiger partial charge on any atom is 0.164 e. The van der Waals surface area contributed by atoms with E-state index in [2.05, 4.69) is 96.1 Å². The lowest BCUT2D eigenvalue weighted by Crippen LogP contribution is -2.46. The number of benzene rings is 4. The molecule has 4 heteroatoms. The van der Waals surface area contributed by atoms with Gasteiger partial charge in [0.15, 0.2) is 17.5 Å². The van der Waals surface area contributed by atoms with Gasteiger partial charge in [0.1, 0.15) is 0 Å². The number of nitrogens with zero attached hydrogens (tertiary/aromatic N) is 4. The first-order valence-corrected chi connectivity index (χ1v) is 16.8. The summed E-state index contributed by atoms with van der Waals surface area (Å²) in [6.07, 6.45) is 11.0. The Labute approximate surface area is 269 Å². The molecule has 0 aliphatic heterocycles. The van der Waals surface area contributed by atoms with Gasteiger partial charge in [-0.3, -0.25) is 4.98 Å². The van der Waals surface area contributed by atoms with Crippen molar-refractivity contribution < 1.29 is 0 Å². The lowest BCUT2D eigenvalue weighted by Gasteiger charge is -2.57. The summed E-state index contributed by atoms with van der Waals surface area (Å²) in [6.45, 7) is 0. The smallest absolute Gasteiger partial charge is 0.164 e. The zero-order chi connectivity index (χ0) is 30.2. The van der Waals surface area contributed by atoms with Crippen molar-refractivity contribution in [2.24, 2.45) is 17.3 Å². The largest absolute Gasteiger partial charge is 0.264 e. The Morgan fingerprint density at radius 2 is 1.15 bits per heavy atom. The highest BCUT2D eigenvalue weighted by atomic mass is 15.0. The average Bonchev–Trinajstić information content (AvgIpc) is 3.31. The summed E-state index contributed by atoms with van der Waals surface area (Å²) in [7, 11) is 0. The number of aromatic nitrogens is 4. The fraction of sp³-hybridized carbons (Fsp3) is 0.238. The Morgan fingerprint density at radius 1 is 0.522 bits per heavy atom. The van der Waals surface area contributed by atoms with E-state index >= 15 is 0 Å². The summed E-state index contributed by atoms with van der Waals surface area (Å²) in [5, 5.41) is 0. The summed E-state index contributed by atoms with van der Waals surface area (Å²) < 4.78 is 0. The summed E-state index contributed by atoms with van der Waals surface area (Å²) >= 11 is 0. The molecule has 0 radical (unpaired) electrons. The monoisotopic (exact) mass is 594 g/mol. The first-order chi connectivity index (χ1) is 22.7. The van der Waals surface area contributed by atoms with Gasteiger partial charge in [0.25, 0.3) is 0 Å². The molecule has 2 heterocycles. The van der Waals surface area contributed by atoms with Crippen molar-refractivity contribution in [3.63, 3.8) is 0 Å². The lowest BCUT2D eigenvalue weighted by atomic mass is 9.47. The quantitative estimate of drug-likeness (QED) is 0.204. The molecule has 4 nitrogen and oxygen atoms in total. The molecule has 222 valence electrons. The van der Waals surface area contributed by atoms with Gasteiger partial charge in [-0.2, -0.15) is 0 Å². The second-order valence-electron chi connectivity index (χ2n) is 14.0. The Morgan fingerprint density at radius 3 is 1.91 bits per heavy atom. The van der Waals surface area contributed by atoms with E-state index in [1.807, 2.05) is 30.5 Å². The van der Waals surface area contributed by atoms with E-state index in [0.29, 0.717) is 34.7 Å². The zero-order valence-corrected chi connectivity index (χ0v) is 25.7. The number of rotatable bonds is 4. The van der Waals surface area contributed by atoms with E-state index in [4.69, 9.17) is 15.0 Å². The average molecular weight is 595 g/mol. The van der Waals surface area contributed by atoms with Crippen LogP contribution in [-0.2, 0) is 0 Å².